The number of carbonyl (C=O) groups is 2. The molecule has 5 rings (SSSR count). The van der Waals surface area contributed by atoms with Crippen LogP contribution in [0, 0.1) is 0 Å². The summed E-state index contributed by atoms with van der Waals surface area (Å²) in [4.78, 5) is 26.2. The molecule has 0 aromatic heterocycles. The predicted molar refractivity (Wildman–Crippen MR) is 143 cm³/mol. The van der Waals surface area contributed by atoms with Gasteiger partial charge < -0.3 is 9.47 Å². The Balaban J connectivity index is 1.75. The van der Waals surface area contributed by atoms with Crippen LogP contribution in [0.1, 0.15) is 47.1 Å². The number of fused-ring (bicyclic) bond motifs is 2. The summed E-state index contributed by atoms with van der Waals surface area (Å²) in [5.41, 5.74) is 1.85. The number of rotatable bonds is 4. The van der Waals surface area contributed by atoms with E-state index in [4.69, 9.17) is 9.47 Å². The Kier molecular flexibility index (Phi) is 6.03. The van der Waals surface area contributed by atoms with Gasteiger partial charge in [-0.2, -0.15) is 0 Å². The minimum absolute atomic E-state index is 0.137. The summed E-state index contributed by atoms with van der Waals surface area (Å²) < 4.78 is 12.1. The standard InChI is InChI=1S/C32H26O4/c1-32(2,3)23-18-19-26-27(20-23)29(36-31(34)22-14-8-5-9-15-22)25-17-11-10-16-24(25)28(26)35-30(33)21-12-6-4-7-13-21/h4-20H,1-3H3. The summed E-state index contributed by atoms with van der Waals surface area (Å²) in [7, 11) is 0. The zero-order chi connectivity index (χ0) is 25.3. The van der Waals surface area contributed by atoms with Crippen molar-refractivity contribution in [1.82, 2.24) is 0 Å². The summed E-state index contributed by atoms with van der Waals surface area (Å²) in [6.07, 6.45) is 0. The van der Waals surface area contributed by atoms with Crippen molar-refractivity contribution >= 4 is 33.5 Å². The lowest BCUT2D eigenvalue weighted by Gasteiger charge is -2.22. The van der Waals surface area contributed by atoms with E-state index in [1.54, 1.807) is 48.5 Å². The highest BCUT2D eigenvalue weighted by Gasteiger charge is 2.23. The van der Waals surface area contributed by atoms with Crippen LogP contribution in [-0.4, -0.2) is 11.9 Å². The molecule has 0 radical (unpaired) electrons. The highest BCUT2D eigenvalue weighted by atomic mass is 16.5. The highest BCUT2D eigenvalue weighted by molar-refractivity contribution is 6.14. The molecule has 0 bridgehead atoms. The van der Waals surface area contributed by atoms with E-state index in [0.29, 0.717) is 44.2 Å². The van der Waals surface area contributed by atoms with Crippen LogP contribution < -0.4 is 9.47 Å². The average molecular weight is 475 g/mol. The maximum Gasteiger partial charge on any atom is 0.343 e. The van der Waals surface area contributed by atoms with Gasteiger partial charge in [-0.25, -0.2) is 9.59 Å². The van der Waals surface area contributed by atoms with Gasteiger partial charge in [-0.1, -0.05) is 93.6 Å². The Hall–Kier alpha value is -4.44. The molecular formula is C32H26O4. The number of esters is 2. The highest BCUT2D eigenvalue weighted by Crippen LogP contribution is 2.44. The van der Waals surface area contributed by atoms with Gasteiger partial charge in [0, 0.05) is 21.5 Å². The quantitative estimate of drug-likeness (QED) is 0.152. The van der Waals surface area contributed by atoms with Crippen molar-refractivity contribution in [2.24, 2.45) is 0 Å². The smallest absolute Gasteiger partial charge is 0.343 e. The fourth-order valence-corrected chi connectivity index (χ4v) is 4.24. The van der Waals surface area contributed by atoms with Crippen molar-refractivity contribution in [2.45, 2.75) is 26.2 Å². The summed E-state index contributed by atoms with van der Waals surface area (Å²) in [6, 6.07) is 31.3. The Morgan fingerprint density at radius 1 is 0.528 bits per heavy atom. The molecule has 36 heavy (non-hydrogen) atoms. The van der Waals surface area contributed by atoms with E-state index < -0.39 is 11.9 Å². The zero-order valence-electron chi connectivity index (χ0n) is 20.4. The van der Waals surface area contributed by atoms with Crippen LogP contribution in [0.4, 0.5) is 0 Å². The Labute approximate surface area is 210 Å². The summed E-state index contributed by atoms with van der Waals surface area (Å²) in [5, 5.41) is 2.79. The largest absolute Gasteiger partial charge is 0.422 e. The van der Waals surface area contributed by atoms with E-state index in [9.17, 15) is 9.59 Å². The third-order valence-corrected chi connectivity index (χ3v) is 6.20. The fraction of sp³-hybridized carbons (Fsp3) is 0.125. The third kappa shape index (κ3) is 4.46. The van der Waals surface area contributed by atoms with Crippen molar-refractivity contribution in [3.05, 3.63) is 120 Å². The van der Waals surface area contributed by atoms with E-state index in [2.05, 4.69) is 20.8 Å². The van der Waals surface area contributed by atoms with Gasteiger partial charge in [0.2, 0.25) is 0 Å². The molecule has 0 unspecified atom stereocenters. The molecule has 0 aliphatic rings. The van der Waals surface area contributed by atoms with E-state index in [-0.39, 0.29) is 5.41 Å². The van der Waals surface area contributed by atoms with Gasteiger partial charge in [0.1, 0.15) is 11.5 Å². The number of ether oxygens (including phenoxy) is 2. The first-order valence-electron chi connectivity index (χ1n) is 11.9. The summed E-state index contributed by atoms with van der Waals surface area (Å²) >= 11 is 0. The van der Waals surface area contributed by atoms with E-state index in [1.165, 1.54) is 0 Å². The SMILES string of the molecule is CC(C)(C)c1ccc2c(OC(=O)c3ccccc3)c3ccccc3c(OC(=O)c3ccccc3)c2c1. The van der Waals surface area contributed by atoms with Crippen LogP contribution in [0.25, 0.3) is 21.5 Å². The normalized spacial score (nSPS) is 11.4. The topological polar surface area (TPSA) is 52.6 Å². The number of carbonyl (C=O) groups excluding carboxylic acids is 2. The van der Waals surface area contributed by atoms with Crippen LogP contribution in [-0.2, 0) is 5.41 Å². The lowest BCUT2D eigenvalue weighted by Crippen LogP contribution is -2.13. The Morgan fingerprint density at radius 2 is 0.944 bits per heavy atom. The molecule has 5 aromatic rings. The maximum atomic E-state index is 13.1. The second kappa shape index (κ2) is 9.31. The van der Waals surface area contributed by atoms with Crippen molar-refractivity contribution in [3.63, 3.8) is 0 Å². The molecule has 0 aliphatic carbocycles. The van der Waals surface area contributed by atoms with Crippen LogP contribution in [0.2, 0.25) is 0 Å². The van der Waals surface area contributed by atoms with Crippen molar-refractivity contribution < 1.29 is 19.1 Å². The molecule has 0 saturated carbocycles. The minimum atomic E-state index is -0.448. The first-order chi connectivity index (χ1) is 17.3. The van der Waals surface area contributed by atoms with Gasteiger partial charge in [0.05, 0.1) is 11.1 Å². The Bertz CT molecular complexity index is 1580. The molecule has 0 amide bonds. The first-order valence-corrected chi connectivity index (χ1v) is 11.9. The molecule has 0 saturated heterocycles. The van der Waals surface area contributed by atoms with Crippen LogP contribution in [0.3, 0.4) is 0 Å². The average Bonchev–Trinajstić information content (AvgIpc) is 2.90. The molecular weight excluding hydrogens is 448 g/mol. The summed E-state index contributed by atoms with van der Waals surface area (Å²) in [5.74, 6) is -0.0114. The maximum absolute atomic E-state index is 13.1. The number of hydrogen-bond donors (Lipinski definition) is 0. The lowest BCUT2D eigenvalue weighted by atomic mass is 9.85. The molecule has 178 valence electrons. The number of benzene rings is 5. The monoisotopic (exact) mass is 474 g/mol. The number of hydrogen-bond acceptors (Lipinski definition) is 4. The minimum Gasteiger partial charge on any atom is -0.422 e. The molecule has 4 heteroatoms. The van der Waals surface area contributed by atoms with Gasteiger partial charge in [-0.05, 0) is 41.3 Å². The van der Waals surface area contributed by atoms with E-state index >= 15 is 0 Å². The molecule has 0 spiro atoms. The van der Waals surface area contributed by atoms with Gasteiger partial charge in [0.15, 0.2) is 0 Å². The second-order valence-electron chi connectivity index (χ2n) is 9.73. The first kappa shape index (κ1) is 23.3. The zero-order valence-corrected chi connectivity index (χ0v) is 20.4. The second-order valence-corrected chi connectivity index (χ2v) is 9.73. The molecule has 4 nitrogen and oxygen atoms in total. The molecule has 0 fully saturated rings. The lowest BCUT2D eigenvalue weighted by molar-refractivity contribution is 0.0726. The van der Waals surface area contributed by atoms with Crippen LogP contribution >= 0.6 is 0 Å². The van der Waals surface area contributed by atoms with Gasteiger partial charge in [-0.3, -0.25) is 0 Å². The van der Waals surface area contributed by atoms with Gasteiger partial charge >= 0.3 is 11.9 Å². The molecule has 5 aromatic carbocycles. The van der Waals surface area contributed by atoms with Crippen molar-refractivity contribution in [1.29, 1.82) is 0 Å². The third-order valence-electron chi connectivity index (χ3n) is 6.20. The summed E-state index contributed by atoms with van der Waals surface area (Å²) in [6.45, 7) is 6.38. The van der Waals surface area contributed by atoms with Crippen molar-refractivity contribution in [2.75, 3.05) is 0 Å². The molecule has 0 N–H and O–H groups in total. The van der Waals surface area contributed by atoms with Gasteiger partial charge in [0.25, 0.3) is 0 Å². The predicted octanol–water partition coefficient (Wildman–Crippen LogP) is 7.73. The Morgan fingerprint density at radius 3 is 1.42 bits per heavy atom. The molecule has 0 heterocycles. The van der Waals surface area contributed by atoms with Crippen molar-refractivity contribution in [3.8, 4) is 11.5 Å². The molecule has 0 aliphatic heterocycles. The van der Waals surface area contributed by atoms with Crippen LogP contribution in [0.15, 0.2) is 103 Å². The van der Waals surface area contributed by atoms with Gasteiger partial charge in [-0.15, -0.1) is 0 Å². The van der Waals surface area contributed by atoms with E-state index in [1.807, 2.05) is 54.6 Å². The molecule has 0 atom stereocenters. The van der Waals surface area contributed by atoms with E-state index in [0.717, 1.165) is 5.56 Å². The fourth-order valence-electron chi connectivity index (χ4n) is 4.24. The van der Waals surface area contributed by atoms with Crippen LogP contribution in [0.5, 0.6) is 11.5 Å².